The van der Waals surface area contributed by atoms with E-state index >= 15 is 0 Å². The third-order valence-electron chi connectivity index (χ3n) is 2.98. The predicted molar refractivity (Wildman–Crippen MR) is 73.4 cm³/mol. The number of rotatable bonds is 2. The lowest BCUT2D eigenvalue weighted by Crippen LogP contribution is -2.26. The van der Waals surface area contributed by atoms with Crippen LogP contribution in [0.3, 0.4) is 0 Å². The normalized spacial score (nSPS) is 13.8. The number of halogens is 2. The molecule has 1 amide bonds. The molecule has 6 heteroatoms. The molecule has 0 saturated heterocycles. The van der Waals surface area contributed by atoms with Crippen molar-refractivity contribution in [2.45, 2.75) is 13.0 Å². The number of hydrogen-bond acceptors (Lipinski definition) is 3. The first kappa shape index (κ1) is 12.4. The first-order chi connectivity index (χ1) is 9.15. The summed E-state index contributed by atoms with van der Waals surface area (Å²) in [6.45, 7) is 0.455. The zero-order chi connectivity index (χ0) is 13.4. The Morgan fingerprint density at radius 1 is 1.16 bits per heavy atom. The summed E-state index contributed by atoms with van der Waals surface area (Å²) in [5.74, 6) is 0.469. The van der Waals surface area contributed by atoms with E-state index in [2.05, 4.69) is 9.97 Å². The SMILES string of the molecule is O=C1Cc2c(Cl)nc(Cl)nc2N1Cc1ccccc1. The highest BCUT2D eigenvalue weighted by atomic mass is 35.5. The van der Waals surface area contributed by atoms with Crippen molar-refractivity contribution >= 4 is 34.9 Å². The van der Waals surface area contributed by atoms with Gasteiger partial charge in [-0.2, -0.15) is 4.98 Å². The van der Waals surface area contributed by atoms with E-state index in [-0.39, 0.29) is 22.8 Å². The molecular formula is C13H9Cl2N3O. The van der Waals surface area contributed by atoms with Crippen LogP contribution in [0.5, 0.6) is 0 Å². The Morgan fingerprint density at radius 2 is 1.89 bits per heavy atom. The maximum Gasteiger partial charge on any atom is 0.233 e. The zero-order valence-electron chi connectivity index (χ0n) is 9.81. The summed E-state index contributed by atoms with van der Waals surface area (Å²) < 4.78 is 0. The number of aromatic nitrogens is 2. The van der Waals surface area contributed by atoms with Gasteiger partial charge in [-0.05, 0) is 17.2 Å². The van der Waals surface area contributed by atoms with Gasteiger partial charge in [-0.25, -0.2) is 4.98 Å². The van der Waals surface area contributed by atoms with E-state index < -0.39 is 0 Å². The van der Waals surface area contributed by atoms with Crippen LogP contribution in [0.1, 0.15) is 11.1 Å². The highest BCUT2D eigenvalue weighted by molar-refractivity contribution is 6.33. The van der Waals surface area contributed by atoms with Crippen LogP contribution in [0.15, 0.2) is 30.3 Å². The van der Waals surface area contributed by atoms with Gasteiger partial charge in [-0.15, -0.1) is 0 Å². The molecule has 0 saturated carbocycles. The van der Waals surface area contributed by atoms with Crippen molar-refractivity contribution in [1.29, 1.82) is 0 Å². The maximum atomic E-state index is 12.1. The summed E-state index contributed by atoms with van der Waals surface area (Å²) in [7, 11) is 0. The van der Waals surface area contributed by atoms with Crippen molar-refractivity contribution in [3.05, 3.63) is 51.9 Å². The summed E-state index contributed by atoms with van der Waals surface area (Å²) in [4.78, 5) is 21.6. The lowest BCUT2D eigenvalue weighted by atomic mass is 10.2. The van der Waals surface area contributed by atoms with Crippen LogP contribution in [0.25, 0.3) is 0 Å². The van der Waals surface area contributed by atoms with Crippen molar-refractivity contribution in [3.8, 4) is 0 Å². The van der Waals surface area contributed by atoms with Gasteiger partial charge < -0.3 is 0 Å². The summed E-state index contributed by atoms with van der Waals surface area (Å²) in [5.41, 5.74) is 1.67. The molecule has 0 bridgehead atoms. The van der Waals surface area contributed by atoms with E-state index in [1.54, 1.807) is 4.90 Å². The Hall–Kier alpha value is -1.65. The van der Waals surface area contributed by atoms with Gasteiger partial charge in [0.05, 0.1) is 13.0 Å². The topological polar surface area (TPSA) is 46.1 Å². The number of carbonyl (C=O) groups excluding carboxylic acids is 1. The van der Waals surface area contributed by atoms with Crippen LogP contribution < -0.4 is 4.90 Å². The Bertz CT molecular complexity index is 646. The fourth-order valence-electron chi connectivity index (χ4n) is 2.09. The summed E-state index contributed by atoms with van der Waals surface area (Å²) in [6.07, 6.45) is 0.220. The number of benzene rings is 1. The molecule has 1 aromatic heterocycles. The second-order valence-corrected chi connectivity index (χ2v) is 4.92. The van der Waals surface area contributed by atoms with E-state index in [0.29, 0.717) is 17.9 Å². The van der Waals surface area contributed by atoms with Crippen LogP contribution in [-0.2, 0) is 17.8 Å². The van der Waals surface area contributed by atoms with E-state index in [4.69, 9.17) is 23.2 Å². The van der Waals surface area contributed by atoms with Gasteiger partial charge in [0, 0.05) is 5.56 Å². The molecule has 0 unspecified atom stereocenters. The van der Waals surface area contributed by atoms with Crippen molar-refractivity contribution in [2.24, 2.45) is 0 Å². The molecular weight excluding hydrogens is 285 g/mol. The highest BCUT2D eigenvalue weighted by Crippen LogP contribution is 2.33. The van der Waals surface area contributed by atoms with Gasteiger partial charge in [0.15, 0.2) is 0 Å². The molecule has 96 valence electrons. The number of carbonyl (C=O) groups is 1. The largest absolute Gasteiger partial charge is 0.292 e. The van der Waals surface area contributed by atoms with Gasteiger partial charge in [-0.3, -0.25) is 9.69 Å². The fourth-order valence-corrected chi connectivity index (χ4v) is 2.53. The summed E-state index contributed by atoms with van der Waals surface area (Å²) in [5, 5.41) is 0.301. The van der Waals surface area contributed by atoms with Gasteiger partial charge >= 0.3 is 0 Å². The van der Waals surface area contributed by atoms with E-state index in [1.807, 2.05) is 30.3 Å². The van der Waals surface area contributed by atoms with Crippen molar-refractivity contribution < 1.29 is 4.79 Å². The average Bonchev–Trinajstić information content (AvgIpc) is 2.69. The molecule has 19 heavy (non-hydrogen) atoms. The second-order valence-electron chi connectivity index (χ2n) is 4.23. The average molecular weight is 294 g/mol. The lowest BCUT2D eigenvalue weighted by Gasteiger charge is -2.16. The minimum Gasteiger partial charge on any atom is -0.292 e. The number of fused-ring (bicyclic) bond motifs is 1. The molecule has 0 atom stereocenters. The number of hydrogen-bond donors (Lipinski definition) is 0. The summed E-state index contributed by atoms with van der Waals surface area (Å²) >= 11 is 11.8. The molecule has 0 fully saturated rings. The first-order valence-electron chi connectivity index (χ1n) is 5.71. The number of anilines is 1. The van der Waals surface area contributed by atoms with Crippen LogP contribution in [0, 0.1) is 0 Å². The first-order valence-corrected chi connectivity index (χ1v) is 6.47. The zero-order valence-corrected chi connectivity index (χ0v) is 11.3. The molecule has 2 aromatic rings. The monoisotopic (exact) mass is 293 g/mol. The Kier molecular flexibility index (Phi) is 3.12. The Morgan fingerprint density at radius 3 is 2.63 bits per heavy atom. The molecule has 2 heterocycles. The fraction of sp³-hybridized carbons (Fsp3) is 0.154. The highest BCUT2D eigenvalue weighted by Gasteiger charge is 2.31. The third kappa shape index (κ3) is 2.29. The van der Waals surface area contributed by atoms with Gasteiger partial charge in [0.2, 0.25) is 11.2 Å². The van der Waals surface area contributed by atoms with E-state index in [1.165, 1.54) is 0 Å². The van der Waals surface area contributed by atoms with Crippen molar-refractivity contribution in [1.82, 2.24) is 9.97 Å². The van der Waals surface area contributed by atoms with Crippen LogP contribution in [-0.4, -0.2) is 15.9 Å². The molecule has 0 radical (unpaired) electrons. The van der Waals surface area contributed by atoms with Gasteiger partial charge in [-0.1, -0.05) is 41.9 Å². The minimum atomic E-state index is -0.0441. The number of nitrogens with zero attached hydrogens (tertiary/aromatic N) is 3. The number of amides is 1. The predicted octanol–water partition coefficient (Wildman–Crippen LogP) is 2.87. The molecule has 0 aliphatic carbocycles. The van der Waals surface area contributed by atoms with Crippen LogP contribution in [0.4, 0.5) is 5.82 Å². The molecule has 0 spiro atoms. The van der Waals surface area contributed by atoms with E-state index in [9.17, 15) is 4.79 Å². The molecule has 1 aromatic carbocycles. The Balaban J connectivity index is 1.99. The van der Waals surface area contributed by atoms with Gasteiger partial charge in [0.1, 0.15) is 11.0 Å². The third-order valence-corrected chi connectivity index (χ3v) is 3.46. The smallest absolute Gasteiger partial charge is 0.233 e. The standard InChI is InChI=1S/C13H9Cl2N3O/c14-11-9-6-10(19)18(12(9)17-13(15)16-11)7-8-4-2-1-3-5-8/h1-5H,6-7H2. The molecule has 0 N–H and O–H groups in total. The summed E-state index contributed by atoms with van der Waals surface area (Å²) in [6, 6.07) is 9.69. The van der Waals surface area contributed by atoms with Crippen LogP contribution in [0.2, 0.25) is 10.4 Å². The molecule has 1 aliphatic rings. The Labute approximate surface area is 120 Å². The molecule has 4 nitrogen and oxygen atoms in total. The second kappa shape index (κ2) is 4.79. The van der Waals surface area contributed by atoms with Crippen molar-refractivity contribution in [2.75, 3.05) is 4.90 Å². The van der Waals surface area contributed by atoms with Crippen LogP contribution >= 0.6 is 23.2 Å². The maximum absolute atomic E-state index is 12.1. The van der Waals surface area contributed by atoms with Crippen molar-refractivity contribution in [3.63, 3.8) is 0 Å². The quantitative estimate of drug-likeness (QED) is 0.632. The van der Waals surface area contributed by atoms with E-state index in [0.717, 1.165) is 5.56 Å². The minimum absolute atomic E-state index is 0.0441. The van der Waals surface area contributed by atoms with Gasteiger partial charge in [0.25, 0.3) is 0 Å². The lowest BCUT2D eigenvalue weighted by molar-refractivity contribution is -0.117. The molecule has 3 rings (SSSR count). The molecule has 1 aliphatic heterocycles.